The Morgan fingerprint density at radius 3 is 2.43 bits per heavy atom. The van der Waals surface area contributed by atoms with Crippen LogP contribution in [0.1, 0.15) is 33.5 Å². The Balaban J connectivity index is 1.88. The molecule has 1 aliphatic rings. The van der Waals surface area contributed by atoms with Crippen molar-refractivity contribution in [1.29, 1.82) is 0 Å². The van der Waals surface area contributed by atoms with Gasteiger partial charge < -0.3 is 14.8 Å². The van der Waals surface area contributed by atoms with Crippen LogP contribution in [0.25, 0.3) is 5.95 Å². The van der Waals surface area contributed by atoms with Crippen molar-refractivity contribution < 1.29 is 14.3 Å². The van der Waals surface area contributed by atoms with E-state index < -0.39 is 0 Å². The van der Waals surface area contributed by atoms with Crippen molar-refractivity contribution >= 4 is 23.5 Å². The Morgan fingerprint density at radius 2 is 1.77 bits per heavy atom. The first-order valence-electron chi connectivity index (χ1n) is 9.46. The van der Waals surface area contributed by atoms with E-state index >= 15 is 0 Å². The molecule has 1 atom stereocenters. The van der Waals surface area contributed by atoms with Crippen molar-refractivity contribution in [2.45, 2.75) is 26.0 Å². The summed E-state index contributed by atoms with van der Waals surface area (Å²) in [5, 5.41) is 7.57. The molecule has 0 saturated heterocycles. The minimum atomic E-state index is -0.113. The number of aryl methyl sites for hydroxylation is 3. The molecule has 0 spiro atoms. The molecule has 1 aliphatic heterocycles. The van der Waals surface area contributed by atoms with Crippen LogP contribution in [0.5, 0.6) is 11.5 Å². The summed E-state index contributed by atoms with van der Waals surface area (Å²) in [7, 11) is 3.22. The number of carbonyl (C=O) groups excluding carboxylic acids is 1. The van der Waals surface area contributed by atoms with Gasteiger partial charge in [0.2, 0.25) is 5.91 Å². The first-order chi connectivity index (χ1) is 14.4. The first-order valence-corrected chi connectivity index (χ1v) is 10.5. The Kier molecular flexibility index (Phi) is 5.38. The van der Waals surface area contributed by atoms with Crippen LogP contribution in [0.2, 0.25) is 0 Å². The molecule has 8 nitrogen and oxygen atoms in total. The standard InChI is InChI=1S/C21H23N5O3S/c1-11-8-12(2)23-21(22-11)26-20-18(13(3)25-26)19(30-10-17(27)24-20)14-6-7-15(28-4)16(9-14)29-5/h6-9,19H,10H2,1-5H3,(H,24,27). The van der Waals surface area contributed by atoms with Gasteiger partial charge in [-0.25, -0.2) is 9.97 Å². The van der Waals surface area contributed by atoms with Crippen LogP contribution in [-0.4, -0.2) is 45.6 Å². The van der Waals surface area contributed by atoms with Crippen LogP contribution in [-0.2, 0) is 4.79 Å². The molecule has 2 aromatic heterocycles. The number of aromatic nitrogens is 4. The molecule has 156 valence electrons. The fourth-order valence-corrected chi connectivity index (χ4v) is 4.79. The predicted octanol–water partition coefficient (Wildman–Crippen LogP) is 3.38. The van der Waals surface area contributed by atoms with Crippen LogP contribution in [0.15, 0.2) is 24.3 Å². The van der Waals surface area contributed by atoms with Gasteiger partial charge in [0, 0.05) is 17.0 Å². The van der Waals surface area contributed by atoms with Crippen LogP contribution in [0, 0.1) is 20.8 Å². The summed E-state index contributed by atoms with van der Waals surface area (Å²) in [6.07, 6.45) is 0. The number of carbonyl (C=O) groups is 1. The monoisotopic (exact) mass is 425 g/mol. The highest BCUT2D eigenvalue weighted by atomic mass is 32.2. The smallest absolute Gasteiger partial charge is 0.252 e. The fraction of sp³-hybridized carbons (Fsp3) is 0.333. The number of methoxy groups -OCH3 is 2. The highest BCUT2D eigenvalue weighted by molar-refractivity contribution is 8.00. The lowest BCUT2D eigenvalue weighted by Crippen LogP contribution is -2.17. The van der Waals surface area contributed by atoms with E-state index in [1.54, 1.807) is 30.7 Å². The number of fused-ring (bicyclic) bond motifs is 1. The zero-order valence-electron chi connectivity index (χ0n) is 17.5. The number of thioether (sulfide) groups is 1. The van der Waals surface area contributed by atoms with Gasteiger partial charge in [-0.2, -0.15) is 9.78 Å². The molecule has 1 unspecified atom stereocenters. The maximum absolute atomic E-state index is 12.5. The molecule has 9 heteroatoms. The molecule has 0 saturated carbocycles. The molecule has 0 radical (unpaired) electrons. The molecule has 0 bridgehead atoms. The molecular formula is C21H23N5O3S. The van der Waals surface area contributed by atoms with Crippen molar-refractivity contribution in [3.63, 3.8) is 0 Å². The maximum atomic E-state index is 12.5. The summed E-state index contributed by atoms with van der Waals surface area (Å²) >= 11 is 1.55. The number of anilines is 1. The molecule has 3 heterocycles. The van der Waals surface area contributed by atoms with Crippen molar-refractivity contribution in [2.24, 2.45) is 0 Å². The number of ether oxygens (including phenoxy) is 2. The number of benzene rings is 1. The number of nitrogens with one attached hydrogen (secondary N) is 1. The summed E-state index contributed by atoms with van der Waals surface area (Å²) in [5.41, 5.74) is 4.41. The minimum absolute atomic E-state index is 0.0882. The molecule has 0 fully saturated rings. The van der Waals surface area contributed by atoms with Crippen molar-refractivity contribution in [2.75, 3.05) is 25.3 Å². The van der Waals surface area contributed by atoms with Crippen LogP contribution in [0.4, 0.5) is 5.82 Å². The van der Waals surface area contributed by atoms with E-state index in [9.17, 15) is 4.79 Å². The Morgan fingerprint density at radius 1 is 1.07 bits per heavy atom. The minimum Gasteiger partial charge on any atom is -0.493 e. The van der Waals surface area contributed by atoms with Gasteiger partial charge in [-0.05, 0) is 44.5 Å². The van der Waals surface area contributed by atoms with Gasteiger partial charge in [-0.3, -0.25) is 4.79 Å². The molecule has 1 N–H and O–H groups in total. The van der Waals surface area contributed by atoms with E-state index in [0.717, 1.165) is 28.2 Å². The van der Waals surface area contributed by atoms with Crippen molar-refractivity contribution in [1.82, 2.24) is 19.7 Å². The summed E-state index contributed by atoms with van der Waals surface area (Å²) in [6, 6.07) is 7.71. The maximum Gasteiger partial charge on any atom is 0.252 e. The summed E-state index contributed by atoms with van der Waals surface area (Å²) < 4.78 is 12.5. The molecule has 0 aliphatic carbocycles. The summed E-state index contributed by atoms with van der Waals surface area (Å²) in [6.45, 7) is 5.76. The molecule has 30 heavy (non-hydrogen) atoms. The van der Waals surface area contributed by atoms with E-state index in [1.165, 1.54) is 0 Å². The highest BCUT2D eigenvalue weighted by Crippen LogP contribution is 2.45. The fourth-order valence-electron chi connectivity index (χ4n) is 3.61. The van der Waals surface area contributed by atoms with Crippen LogP contribution < -0.4 is 14.8 Å². The summed E-state index contributed by atoms with van der Waals surface area (Å²) in [5.74, 6) is 2.58. The van der Waals surface area contributed by atoms with E-state index in [0.29, 0.717) is 29.0 Å². The number of amides is 1. The third-order valence-electron chi connectivity index (χ3n) is 4.88. The highest BCUT2D eigenvalue weighted by Gasteiger charge is 2.31. The molecule has 4 rings (SSSR count). The number of hydrogen-bond donors (Lipinski definition) is 1. The summed E-state index contributed by atoms with van der Waals surface area (Å²) in [4.78, 5) is 21.6. The average Bonchev–Trinajstić information content (AvgIpc) is 2.92. The Labute approximate surface area is 179 Å². The first kappa shape index (κ1) is 20.2. The van der Waals surface area contributed by atoms with Crippen molar-refractivity contribution in [3.8, 4) is 17.4 Å². The Bertz CT molecular complexity index is 1110. The van der Waals surface area contributed by atoms with Gasteiger partial charge in [0.25, 0.3) is 5.95 Å². The second-order valence-corrected chi connectivity index (χ2v) is 8.16. The van der Waals surface area contributed by atoms with E-state index in [-0.39, 0.29) is 11.2 Å². The van der Waals surface area contributed by atoms with Gasteiger partial charge in [-0.1, -0.05) is 6.07 Å². The second-order valence-electron chi connectivity index (χ2n) is 7.06. The van der Waals surface area contributed by atoms with Crippen LogP contribution >= 0.6 is 11.8 Å². The molecular weight excluding hydrogens is 402 g/mol. The van der Waals surface area contributed by atoms with E-state index in [4.69, 9.17) is 9.47 Å². The number of rotatable bonds is 4. The predicted molar refractivity (Wildman–Crippen MR) is 116 cm³/mol. The van der Waals surface area contributed by atoms with Crippen molar-refractivity contribution in [3.05, 3.63) is 52.5 Å². The largest absolute Gasteiger partial charge is 0.493 e. The van der Waals surface area contributed by atoms with Gasteiger partial charge >= 0.3 is 0 Å². The number of nitrogens with zero attached hydrogens (tertiary/aromatic N) is 4. The zero-order valence-corrected chi connectivity index (χ0v) is 18.3. The molecule has 1 amide bonds. The SMILES string of the molecule is COc1ccc(C2SCC(=O)Nc3c2c(C)nn3-c2nc(C)cc(C)n2)cc1OC. The number of hydrogen-bond acceptors (Lipinski definition) is 7. The van der Waals surface area contributed by atoms with Crippen LogP contribution in [0.3, 0.4) is 0 Å². The lowest BCUT2D eigenvalue weighted by atomic mass is 10.0. The van der Waals surface area contributed by atoms with Gasteiger partial charge in [-0.15, -0.1) is 11.8 Å². The average molecular weight is 426 g/mol. The lowest BCUT2D eigenvalue weighted by Gasteiger charge is -2.17. The van der Waals surface area contributed by atoms with Gasteiger partial charge in [0.1, 0.15) is 5.82 Å². The van der Waals surface area contributed by atoms with E-state index in [1.807, 2.05) is 45.0 Å². The quantitative estimate of drug-likeness (QED) is 0.685. The third-order valence-corrected chi connectivity index (χ3v) is 6.15. The van der Waals surface area contributed by atoms with Gasteiger partial charge in [0.05, 0.1) is 30.9 Å². The third kappa shape index (κ3) is 3.60. The zero-order chi connectivity index (χ0) is 21.4. The van der Waals surface area contributed by atoms with Gasteiger partial charge in [0.15, 0.2) is 11.5 Å². The molecule has 3 aromatic rings. The topological polar surface area (TPSA) is 91.2 Å². The van der Waals surface area contributed by atoms with E-state index in [2.05, 4.69) is 20.4 Å². The second kappa shape index (κ2) is 7.98. The Hall–Kier alpha value is -3.07. The normalized spacial score (nSPS) is 15.9. The molecule has 1 aromatic carbocycles. The lowest BCUT2D eigenvalue weighted by molar-refractivity contribution is -0.113.